The number of esters is 3. The van der Waals surface area contributed by atoms with Crippen LogP contribution in [0.4, 0.5) is 0 Å². The number of carbonyl (C=O) groups is 3. The fourth-order valence-electron chi connectivity index (χ4n) is 10.8. The maximum Gasteiger partial charge on any atom is 0.306 e. The molecule has 0 N–H and O–H groups in total. The van der Waals surface area contributed by atoms with Crippen molar-refractivity contribution in [2.45, 2.75) is 386 Å². The summed E-state index contributed by atoms with van der Waals surface area (Å²) in [6.07, 6.45) is 93.8. The van der Waals surface area contributed by atoms with E-state index >= 15 is 0 Å². The first-order valence-electron chi connectivity index (χ1n) is 36.4. The zero-order valence-electron chi connectivity index (χ0n) is 55.5. The summed E-state index contributed by atoms with van der Waals surface area (Å²) >= 11 is 0. The lowest BCUT2D eigenvalue weighted by Gasteiger charge is -2.18. The molecule has 6 heteroatoms. The smallest absolute Gasteiger partial charge is 0.306 e. The molecule has 0 radical (unpaired) electrons. The molecule has 83 heavy (non-hydrogen) atoms. The summed E-state index contributed by atoms with van der Waals surface area (Å²) in [5.41, 5.74) is 0. The van der Waals surface area contributed by atoms with Gasteiger partial charge < -0.3 is 14.2 Å². The van der Waals surface area contributed by atoms with Crippen molar-refractivity contribution in [1.29, 1.82) is 0 Å². The molecular weight excluding hydrogens is 1020 g/mol. The molecule has 0 bridgehead atoms. The summed E-state index contributed by atoms with van der Waals surface area (Å²) in [5, 5.41) is 0. The lowest BCUT2D eigenvalue weighted by molar-refractivity contribution is -0.167. The Labute approximate surface area is 516 Å². The number of hydrogen-bond donors (Lipinski definition) is 0. The first-order chi connectivity index (χ1) is 41.0. The quantitative estimate of drug-likeness (QED) is 0.0261. The van der Waals surface area contributed by atoms with Crippen LogP contribution in [0, 0.1) is 0 Å². The van der Waals surface area contributed by atoms with E-state index in [0.29, 0.717) is 19.3 Å². The average molecular weight is 1160 g/mol. The third-order valence-electron chi connectivity index (χ3n) is 16.2. The van der Waals surface area contributed by atoms with Gasteiger partial charge in [0.1, 0.15) is 13.2 Å². The van der Waals surface area contributed by atoms with Crippen molar-refractivity contribution in [1.82, 2.24) is 0 Å². The number of ether oxygens (including phenoxy) is 3. The summed E-state index contributed by atoms with van der Waals surface area (Å²) in [7, 11) is 0. The molecule has 0 aliphatic rings. The standard InChI is InChI=1S/C77H138O6/c1-4-7-10-13-16-19-22-25-27-29-31-32-33-34-35-36-37-38-39-40-41-42-43-44-46-47-49-52-55-58-61-64-67-70-76(79)82-73-74(72-81-75(78)69-66-63-60-57-54-51-24-21-18-15-12-9-6-3)83-77(80)71-68-65-62-59-56-53-50-48-45-30-28-26-23-20-17-14-11-8-5-2/h8,11,17,20,22,25-26,28-29,31,45,48,74H,4-7,9-10,12-16,18-19,21,23-24,27,30,32-44,46-47,49-73H2,1-3H3/b11-8-,20-17-,25-22-,28-26-,31-29-,48-45-. The molecule has 1 atom stereocenters. The summed E-state index contributed by atoms with van der Waals surface area (Å²) in [4.78, 5) is 38.4. The van der Waals surface area contributed by atoms with Gasteiger partial charge in [-0.25, -0.2) is 0 Å². The molecule has 0 rings (SSSR count). The molecule has 0 aliphatic carbocycles. The molecule has 0 saturated heterocycles. The molecular formula is C77H138O6. The Bertz CT molecular complexity index is 1520. The number of rotatable bonds is 67. The van der Waals surface area contributed by atoms with Gasteiger partial charge in [0, 0.05) is 19.3 Å². The fourth-order valence-corrected chi connectivity index (χ4v) is 10.8. The van der Waals surface area contributed by atoms with Crippen LogP contribution in [0.1, 0.15) is 380 Å². The second kappa shape index (κ2) is 71.3. The monoisotopic (exact) mass is 1160 g/mol. The minimum absolute atomic E-state index is 0.0762. The van der Waals surface area contributed by atoms with Crippen molar-refractivity contribution >= 4 is 17.9 Å². The van der Waals surface area contributed by atoms with E-state index in [1.165, 1.54) is 238 Å². The van der Waals surface area contributed by atoms with E-state index in [1.54, 1.807) is 0 Å². The zero-order valence-corrected chi connectivity index (χ0v) is 55.5. The van der Waals surface area contributed by atoms with Gasteiger partial charge in [0.15, 0.2) is 6.10 Å². The molecule has 0 aliphatic heterocycles. The summed E-state index contributed by atoms with van der Waals surface area (Å²) < 4.78 is 17.0. The highest BCUT2D eigenvalue weighted by Gasteiger charge is 2.19. The van der Waals surface area contributed by atoms with E-state index in [-0.39, 0.29) is 31.1 Å². The second-order valence-corrected chi connectivity index (χ2v) is 24.5. The molecule has 0 spiro atoms. The SMILES string of the molecule is CC/C=C\C/C=C\C/C=C\C/C=C\CCCCCCCCC(=O)OC(COC(=O)CCCCCCCCCCCCCCC)COC(=O)CCCCCCCCCCCCCCCCCCCCCCC/C=C\C/C=C\CCCCCCC. The van der Waals surface area contributed by atoms with Crippen LogP contribution in [-0.2, 0) is 28.6 Å². The second-order valence-electron chi connectivity index (χ2n) is 24.5. The predicted octanol–water partition coefficient (Wildman–Crippen LogP) is 25.2. The molecule has 0 fully saturated rings. The Morgan fingerprint density at radius 2 is 0.470 bits per heavy atom. The van der Waals surface area contributed by atoms with Crippen molar-refractivity contribution in [3.63, 3.8) is 0 Å². The topological polar surface area (TPSA) is 78.9 Å². The summed E-state index contributed by atoms with van der Waals surface area (Å²) in [6.45, 7) is 6.56. The number of allylic oxidation sites excluding steroid dienone is 12. The van der Waals surface area contributed by atoms with Gasteiger partial charge in [0.25, 0.3) is 0 Å². The third kappa shape index (κ3) is 69.5. The maximum absolute atomic E-state index is 12.9. The molecule has 1 unspecified atom stereocenters. The molecule has 0 amide bonds. The minimum atomic E-state index is -0.781. The Morgan fingerprint density at radius 3 is 0.735 bits per heavy atom. The van der Waals surface area contributed by atoms with Crippen LogP contribution < -0.4 is 0 Å². The maximum atomic E-state index is 12.9. The van der Waals surface area contributed by atoms with E-state index in [2.05, 4.69) is 93.7 Å². The number of hydrogen-bond acceptors (Lipinski definition) is 6. The third-order valence-corrected chi connectivity index (χ3v) is 16.2. The van der Waals surface area contributed by atoms with Crippen molar-refractivity contribution in [2.24, 2.45) is 0 Å². The van der Waals surface area contributed by atoms with Crippen LogP contribution in [-0.4, -0.2) is 37.2 Å². The van der Waals surface area contributed by atoms with Gasteiger partial charge in [-0.3, -0.25) is 14.4 Å². The summed E-state index contributed by atoms with van der Waals surface area (Å²) in [5.74, 6) is -0.867. The largest absolute Gasteiger partial charge is 0.462 e. The Balaban J connectivity index is 4.16. The predicted molar refractivity (Wildman–Crippen MR) is 362 cm³/mol. The first kappa shape index (κ1) is 79.8. The molecule has 0 saturated carbocycles. The van der Waals surface area contributed by atoms with Crippen molar-refractivity contribution in [3.05, 3.63) is 72.9 Å². The number of unbranched alkanes of at least 4 members (excludes halogenated alkanes) is 44. The van der Waals surface area contributed by atoms with E-state index in [0.717, 1.165) is 103 Å². The van der Waals surface area contributed by atoms with E-state index in [9.17, 15) is 14.4 Å². The first-order valence-corrected chi connectivity index (χ1v) is 36.4. The lowest BCUT2D eigenvalue weighted by atomic mass is 10.0. The van der Waals surface area contributed by atoms with Gasteiger partial charge in [-0.05, 0) is 89.9 Å². The van der Waals surface area contributed by atoms with Gasteiger partial charge in [-0.2, -0.15) is 0 Å². The van der Waals surface area contributed by atoms with Gasteiger partial charge >= 0.3 is 17.9 Å². The Hall–Kier alpha value is -3.15. The average Bonchev–Trinajstić information content (AvgIpc) is 3.49. The van der Waals surface area contributed by atoms with Crippen LogP contribution in [0.3, 0.4) is 0 Å². The van der Waals surface area contributed by atoms with Crippen LogP contribution in [0.2, 0.25) is 0 Å². The molecule has 0 heterocycles. The summed E-state index contributed by atoms with van der Waals surface area (Å²) in [6, 6.07) is 0. The highest BCUT2D eigenvalue weighted by molar-refractivity contribution is 5.71. The molecule has 6 nitrogen and oxygen atoms in total. The number of carbonyl (C=O) groups excluding carboxylic acids is 3. The normalized spacial score (nSPS) is 12.5. The van der Waals surface area contributed by atoms with E-state index in [1.807, 2.05) is 0 Å². The van der Waals surface area contributed by atoms with Crippen LogP contribution in [0.25, 0.3) is 0 Å². The lowest BCUT2D eigenvalue weighted by Crippen LogP contribution is -2.30. The highest BCUT2D eigenvalue weighted by atomic mass is 16.6. The van der Waals surface area contributed by atoms with Crippen LogP contribution in [0.5, 0.6) is 0 Å². The Morgan fingerprint density at radius 1 is 0.253 bits per heavy atom. The minimum Gasteiger partial charge on any atom is -0.462 e. The highest BCUT2D eigenvalue weighted by Crippen LogP contribution is 2.18. The molecule has 0 aromatic rings. The van der Waals surface area contributed by atoms with Crippen LogP contribution >= 0.6 is 0 Å². The van der Waals surface area contributed by atoms with Gasteiger partial charge in [-0.15, -0.1) is 0 Å². The van der Waals surface area contributed by atoms with Crippen molar-refractivity contribution < 1.29 is 28.6 Å². The Kier molecular flexibility index (Phi) is 68.6. The van der Waals surface area contributed by atoms with Crippen LogP contribution in [0.15, 0.2) is 72.9 Å². The molecule has 0 aromatic heterocycles. The molecule has 0 aromatic carbocycles. The van der Waals surface area contributed by atoms with Crippen molar-refractivity contribution in [3.8, 4) is 0 Å². The molecule has 482 valence electrons. The van der Waals surface area contributed by atoms with Gasteiger partial charge in [0.05, 0.1) is 0 Å². The van der Waals surface area contributed by atoms with E-state index in [4.69, 9.17) is 14.2 Å². The van der Waals surface area contributed by atoms with Gasteiger partial charge in [0.2, 0.25) is 0 Å². The van der Waals surface area contributed by atoms with E-state index < -0.39 is 6.10 Å². The van der Waals surface area contributed by atoms with Gasteiger partial charge in [-0.1, -0.05) is 344 Å². The fraction of sp³-hybridized carbons (Fsp3) is 0.805. The van der Waals surface area contributed by atoms with Crippen molar-refractivity contribution in [2.75, 3.05) is 13.2 Å². The zero-order chi connectivity index (χ0) is 59.9.